The summed E-state index contributed by atoms with van der Waals surface area (Å²) in [6, 6.07) is 5.98. The molecule has 1 amide bonds. The topological polar surface area (TPSA) is 108 Å². The lowest BCUT2D eigenvalue weighted by Gasteiger charge is -2.29. The Balaban J connectivity index is 1.56. The summed E-state index contributed by atoms with van der Waals surface area (Å²) in [5, 5.41) is 25.0. The summed E-state index contributed by atoms with van der Waals surface area (Å²) in [7, 11) is 0. The second-order valence-corrected chi connectivity index (χ2v) is 6.80. The minimum atomic E-state index is -0.697. The number of non-ortho nitro benzene ring substituents is 1. The van der Waals surface area contributed by atoms with E-state index in [9.17, 15) is 20.0 Å². The molecule has 1 aromatic carbocycles. The monoisotopic (exact) mass is 362 g/mol. The predicted octanol–water partition coefficient (Wildman–Crippen LogP) is 2.07. The summed E-state index contributed by atoms with van der Waals surface area (Å²) < 4.78 is 0. The van der Waals surface area contributed by atoms with E-state index in [1.54, 1.807) is 12.1 Å². The molecule has 2 N–H and O–H groups in total. The summed E-state index contributed by atoms with van der Waals surface area (Å²) >= 11 is 1.21. The number of amides is 1. The maximum absolute atomic E-state index is 11.1. The van der Waals surface area contributed by atoms with Gasteiger partial charge in [0.25, 0.3) is 10.9 Å². The largest absolute Gasteiger partial charge is 0.387 e. The van der Waals surface area contributed by atoms with Crippen LogP contribution >= 0.6 is 11.8 Å². The number of aliphatic hydroxyl groups is 1. The van der Waals surface area contributed by atoms with E-state index in [2.05, 4.69) is 21.5 Å². The smallest absolute Gasteiger partial charge is 0.299 e. The van der Waals surface area contributed by atoms with Gasteiger partial charge >= 0.3 is 0 Å². The number of carbonyl (C=O) groups is 1. The molecule has 0 saturated carbocycles. The summed E-state index contributed by atoms with van der Waals surface area (Å²) in [6.07, 6.45) is 2.18. The van der Waals surface area contributed by atoms with Crippen molar-refractivity contribution in [3.05, 3.63) is 51.6 Å². The lowest BCUT2D eigenvalue weighted by molar-refractivity contribution is -0.384. The van der Waals surface area contributed by atoms with Crippen molar-refractivity contribution in [2.75, 3.05) is 25.4 Å². The molecule has 25 heavy (non-hydrogen) atoms. The number of rotatable bonds is 5. The maximum Gasteiger partial charge on any atom is 0.299 e. The van der Waals surface area contributed by atoms with Crippen molar-refractivity contribution in [3.63, 3.8) is 0 Å². The van der Waals surface area contributed by atoms with Crippen LogP contribution in [0.5, 0.6) is 0 Å². The lowest BCUT2D eigenvalue weighted by atomic mass is 10.0. The van der Waals surface area contributed by atoms with Crippen molar-refractivity contribution < 1.29 is 14.8 Å². The quantitative estimate of drug-likeness (QED) is 0.613. The molecule has 1 unspecified atom stereocenters. The van der Waals surface area contributed by atoms with Gasteiger partial charge in [-0.1, -0.05) is 17.8 Å². The number of hydrogen-bond donors (Lipinski definition) is 2. The molecule has 2 aliphatic heterocycles. The number of nitrogens with one attached hydrogen (secondary N) is 1. The number of nitrogens with zero attached hydrogens (tertiary/aromatic N) is 3. The Morgan fingerprint density at radius 3 is 2.72 bits per heavy atom. The highest BCUT2D eigenvalue weighted by atomic mass is 32.2. The highest BCUT2D eigenvalue weighted by Crippen LogP contribution is 2.22. The van der Waals surface area contributed by atoms with E-state index in [0.29, 0.717) is 24.4 Å². The summed E-state index contributed by atoms with van der Waals surface area (Å²) in [5.41, 5.74) is 5.19. The van der Waals surface area contributed by atoms with E-state index in [4.69, 9.17) is 0 Å². The Kier molecular flexibility index (Phi) is 5.47. The number of benzene rings is 1. The van der Waals surface area contributed by atoms with E-state index in [0.717, 1.165) is 24.3 Å². The minimum Gasteiger partial charge on any atom is -0.387 e. The molecule has 2 heterocycles. The van der Waals surface area contributed by atoms with Gasteiger partial charge in [-0.15, -0.1) is 0 Å². The van der Waals surface area contributed by atoms with Gasteiger partial charge in [0.15, 0.2) is 0 Å². The second kappa shape index (κ2) is 7.77. The fraction of sp³-hybridized carbons (Fsp3) is 0.375. The molecule has 3 rings (SSSR count). The van der Waals surface area contributed by atoms with E-state index >= 15 is 0 Å². The predicted molar refractivity (Wildman–Crippen MR) is 95.6 cm³/mol. The molecule has 0 aliphatic carbocycles. The van der Waals surface area contributed by atoms with Crippen LogP contribution in [-0.2, 0) is 0 Å². The third-order valence-electron chi connectivity index (χ3n) is 4.21. The molecule has 0 fully saturated rings. The Morgan fingerprint density at radius 2 is 2.16 bits per heavy atom. The molecule has 132 valence electrons. The SMILES string of the molecule is O=C1NN=C(C2=CCN(CC(O)c3ccc([N+](=O)[O-])cc3)CC2)CS1. The first-order valence-corrected chi connectivity index (χ1v) is 8.85. The molecule has 9 heteroatoms. The van der Waals surface area contributed by atoms with Crippen molar-refractivity contribution in [1.29, 1.82) is 0 Å². The Hall–Kier alpha value is -2.23. The number of hydrazone groups is 1. The molecular formula is C16H18N4O4S. The van der Waals surface area contributed by atoms with Crippen LogP contribution in [0.15, 0.2) is 41.0 Å². The van der Waals surface area contributed by atoms with Crippen molar-refractivity contribution in [2.24, 2.45) is 5.10 Å². The highest BCUT2D eigenvalue weighted by molar-refractivity contribution is 8.14. The van der Waals surface area contributed by atoms with Gasteiger partial charge in [-0.05, 0) is 29.7 Å². The van der Waals surface area contributed by atoms with Gasteiger partial charge in [-0.25, -0.2) is 5.43 Å². The van der Waals surface area contributed by atoms with Crippen LogP contribution < -0.4 is 5.43 Å². The molecular weight excluding hydrogens is 344 g/mol. The Morgan fingerprint density at radius 1 is 1.40 bits per heavy atom. The Labute approximate surface area is 148 Å². The third-order valence-corrected chi connectivity index (χ3v) is 4.98. The van der Waals surface area contributed by atoms with E-state index in [1.165, 1.54) is 23.9 Å². The number of hydrogen-bond acceptors (Lipinski definition) is 7. The van der Waals surface area contributed by atoms with E-state index in [-0.39, 0.29) is 10.9 Å². The first kappa shape index (κ1) is 17.6. The van der Waals surface area contributed by atoms with Crippen LogP contribution in [0, 0.1) is 10.1 Å². The van der Waals surface area contributed by atoms with Gasteiger partial charge in [0.2, 0.25) is 0 Å². The number of thioether (sulfide) groups is 1. The number of carbonyl (C=O) groups excluding carboxylic acids is 1. The van der Waals surface area contributed by atoms with Crippen LogP contribution in [-0.4, -0.2) is 51.3 Å². The van der Waals surface area contributed by atoms with Crippen molar-refractivity contribution in [1.82, 2.24) is 10.3 Å². The van der Waals surface area contributed by atoms with E-state index in [1.807, 2.05) is 0 Å². The number of β-amino-alcohol motifs (C(OH)–C–C–N with tert-alkyl or cyclic N) is 1. The highest BCUT2D eigenvalue weighted by Gasteiger charge is 2.21. The number of nitro benzene ring substituents is 1. The average Bonchev–Trinajstić information content (AvgIpc) is 2.63. The zero-order chi connectivity index (χ0) is 17.8. The zero-order valence-corrected chi connectivity index (χ0v) is 14.2. The molecule has 1 aromatic rings. The minimum absolute atomic E-state index is 0.0136. The normalized spacial score (nSPS) is 19.6. The third kappa shape index (κ3) is 4.44. The van der Waals surface area contributed by atoms with Gasteiger partial charge in [-0.3, -0.25) is 19.8 Å². The van der Waals surface area contributed by atoms with Crippen molar-refractivity contribution in [3.8, 4) is 0 Å². The first-order chi connectivity index (χ1) is 12.0. The van der Waals surface area contributed by atoms with Gasteiger partial charge in [0.05, 0.1) is 16.7 Å². The van der Waals surface area contributed by atoms with Gasteiger partial charge in [0, 0.05) is 37.5 Å². The summed E-state index contributed by atoms with van der Waals surface area (Å²) in [5.74, 6) is 0.586. The van der Waals surface area contributed by atoms with Gasteiger partial charge < -0.3 is 5.11 Å². The molecule has 2 aliphatic rings. The van der Waals surface area contributed by atoms with Crippen molar-refractivity contribution >= 4 is 28.4 Å². The molecule has 0 bridgehead atoms. The fourth-order valence-corrected chi connectivity index (χ4v) is 3.41. The fourth-order valence-electron chi connectivity index (χ4n) is 2.78. The van der Waals surface area contributed by atoms with Crippen LogP contribution in [0.1, 0.15) is 18.1 Å². The van der Waals surface area contributed by atoms with Crippen LogP contribution in [0.2, 0.25) is 0 Å². The lowest BCUT2D eigenvalue weighted by Crippen LogP contribution is -2.35. The van der Waals surface area contributed by atoms with Crippen LogP contribution in [0.25, 0.3) is 0 Å². The first-order valence-electron chi connectivity index (χ1n) is 7.86. The molecule has 0 radical (unpaired) electrons. The van der Waals surface area contributed by atoms with Crippen molar-refractivity contribution in [2.45, 2.75) is 12.5 Å². The maximum atomic E-state index is 11.1. The van der Waals surface area contributed by atoms with Gasteiger partial charge in [0.1, 0.15) is 0 Å². The molecule has 1 atom stereocenters. The zero-order valence-electron chi connectivity index (χ0n) is 13.4. The second-order valence-electron chi connectivity index (χ2n) is 5.85. The van der Waals surface area contributed by atoms with Gasteiger partial charge in [-0.2, -0.15) is 5.10 Å². The van der Waals surface area contributed by atoms with Crippen LogP contribution in [0.4, 0.5) is 10.5 Å². The Bertz CT molecular complexity index is 732. The number of nitro groups is 1. The molecule has 0 spiro atoms. The van der Waals surface area contributed by atoms with Crippen LogP contribution in [0.3, 0.4) is 0 Å². The molecule has 0 aromatic heterocycles. The molecule has 8 nitrogen and oxygen atoms in total. The summed E-state index contributed by atoms with van der Waals surface area (Å²) in [4.78, 5) is 23.4. The molecule has 0 saturated heterocycles. The van der Waals surface area contributed by atoms with E-state index < -0.39 is 11.0 Å². The number of aliphatic hydroxyl groups excluding tert-OH is 1. The average molecular weight is 362 g/mol. The standard InChI is InChI=1S/C16H18N4O4S/c21-15(12-1-3-13(4-2-12)20(23)24)9-19-7-5-11(6-8-19)14-10-25-16(22)18-17-14/h1-5,15,21H,6-10H2,(H,18,22). The summed E-state index contributed by atoms with van der Waals surface area (Å²) in [6.45, 7) is 1.93.